The second-order valence-corrected chi connectivity index (χ2v) is 8.33. The number of piperidine rings is 1. The van der Waals surface area contributed by atoms with Crippen LogP contribution in [0.4, 0.5) is 5.13 Å². The first-order valence-corrected chi connectivity index (χ1v) is 11.0. The van der Waals surface area contributed by atoms with E-state index in [4.69, 9.17) is 4.74 Å². The number of aryl methyl sites for hydroxylation is 1. The molecule has 5 rings (SSSR count). The summed E-state index contributed by atoms with van der Waals surface area (Å²) >= 11 is 1.79. The standard InChI is InChI=1S/C19H22N10OS/c1-2-17-11-21-19(31-17)27-7-5-15(6-8-27)29-23-9-14(24-29)12-30-16-3-4-18(20-10-16)28-13-22-25-26-28/h3-4,9-11,13,15H,2,5-8,12H2,1H3. The van der Waals surface area contributed by atoms with Gasteiger partial charge in [-0.05, 0) is 41.8 Å². The van der Waals surface area contributed by atoms with E-state index >= 15 is 0 Å². The molecule has 5 heterocycles. The van der Waals surface area contributed by atoms with Gasteiger partial charge >= 0.3 is 0 Å². The zero-order valence-electron chi connectivity index (χ0n) is 17.1. The van der Waals surface area contributed by atoms with Crippen LogP contribution in [0.15, 0.2) is 37.1 Å². The molecule has 11 nitrogen and oxygen atoms in total. The molecule has 0 radical (unpaired) electrons. The van der Waals surface area contributed by atoms with Gasteiger partial charge in [0, 0.05) is 24.2 Å². The van der Waals surface area contributed by atoms with E-state index in [-0.39, 0.29) is 0 Å². The molecule has 31 heavy (non-hydrogen) atoms. The molecule has 1 aliphatic rings. The summed E-state index contributed by atoms with van der Waals surface area (Å²) in [4.78, 5) is 14.4. The molecule has 4 aromatic rings. The molecule has 0 spiro atoms. The van der Waals surface area contributed by atoms with Crippen LogP contribution in [-0.2, 0) is 13.0 Å². The van der Waals surface area contributed by atoms with Gasteiger partial charge in [0.05, 0.1) is 18.4 Å². The Hall–Kier alpha value is -3.41. The Balaban J connectivity index is 1.14. The van der Waals surface area contributed by atoms with Gasteiger partial charge in [-0.3, -0.25) is 0 Å². The van der Waals surface area contributed by atoms with Crippen molar-refractivity contribution in [3.8, 4) is 11.6 Å². The summed E-state index contributed by atoms with van der Waals surface area (Å²) < 4.78 is 7.28. The molecule has 0 saturated carbocycles. The third-order valence-corrected chi connectivity index (χ3v) is 6.40. The van der Waals surface area contributed by atoms with Crippen molar-refractivity contribution >= 4 is 16.5 Å². The maximum absolute atomic E-state index is 5.80. The van der Waals surface area contributed by atoms with Crippen molar-refractivity contribution in [2.24, 2.45) is 0 Å². The lowest BCUT2D eigenvalue weighted by atomic mass is 10.1. The maximum atomic E-state index is 5.80. The van der Waals surface area contributed by atoms with Crippen molar-refractivity contribution in [2.45, 2.75) is 38.8 Å². The van der Waals surface area contributed by atoms with Gasteiger partial charge in [0.15, 0.2) is 10.9 Å². The molecule has 1 saturated heterocycles. The minimum atomic E-state index is 0.299. The van der Waals surface area contributed by atoms with Gasteiger partial charge < -0.3 is 9.64 Å². The van der Waals surface area contributed by atoms with Crippen LogP contribution in [0.1, 0.15) is 36.4 Å². The molecule has 0 amide bonds. The van der Waals surface area contributed by atoms with E-state index in [1.54, 1.807) is 29.8 Å². The average Bonchev–Trinajstić information content (AvgIpc) is 3.60. The van der Waals surface area contributed by atoms with E-state index in [1.807, 2.05) is 17.1 Å². The largest absolute Gasteiger partial charge is 0.486 e. The molecule has 160 valence electrons. The number of rotatable bonds is 7. The average molecular weight is 439 g/mol. The molecule has 1 fully saturated rings. The Labute approximate surface area is 182 Å². The van der Waals surface area contributed by atoms with Gasteiger partial charge in [0.1, 0.15) is 24.4 Å². The second-order valence-electron chi connectivity index (χ2n) is 7.23. The van der Waals surface area contributed by atoms with Crippen LogP contribution in [-0.4, -0.2) is 58.3 Å². The molecule has 0 bridgehead atoms. The molecular weight excluding hydrogens is 416 g/mol. The summed E-state index contributed by atoms with van der Waals surface area (Å²) in [6, 6.07) is 3.92. The first-order valence-electron chi connectivity index (χ1n) is 10.2. The van der Waals surface area contributed by atoms with E-state index in [9.17, 15) is 0 Å². The molecule has 0 N–H and O–H groups in total. The third-order valence-electron chi connectivity index (χ3n) is 5.20. The fraction of sp³-hybridized carbons (Fsp3) is 0.421. The molecular formula is C19H22N10OS. The number of thiazole rings is 1. The molecule has 12 heteroatoms. The molecule has 4 aromatic heterocycles. The summed E-state index contributed by atoms with van der Waals surface area (Å²) in [6.45, 7) is 4.43. The van der Waals surface area contributed by atoms with Crippen LogP contribution < -0.4 is 9.64 Å². The number of ether oxygens (including phenoxy) is 1. The van der Waals surface area contributed by atoms with Crippen molar-refractivity contribution in [3.05, 3.63) is 47.6 Å². The van der Waals surface area contributed by atoms with E-state index in [0.717, 1.165) is 43.2 Å². The number of nitrogens with zero attached hydrogens (tertiary/aromatic N) is 10. The third kappa shape index (κ3) is 4.38. The first kappa shape index (κ1) is 19.5. The summed E-state index contributed by atoms with van der Waals surface area (Å²) in [5.74, 6) is 1.27. The Morgan fingerprint density at radius 2 is 2.03 bits per heavy atom. The summed E-state index contributed by atoms with van der Waals surface area (Å²) in [6.07, 6.45) is 9.92. The molecule has 0 unspecified atom stereocenters. The predicted molar refractivity (Wildman–Crippen MR) is 113 cm³/mol. The number of tetrazole rings is 1. The van der Waals surface area contributed by atoms with E-state index < -0.39 is 0 Å². The Morgan fingerprint density at radius 3 is 2.74 bits per heavy atom. The highest BCUT2D eigenvalue weighted by atomic mass is 32.1. The van der Waals surface area contributed by atoms with Crippen molar-refractivity contribution in [3.63, 3.8) is 0 Å². The van der Waals surface area contributed by atoms with Gasteiger partial charge in [-0.15, -0.1) is 16.4 Å². The number of aromatic nitrogens is 9. The predicted octanol–water partition coefficient (Wildman–Crippen LogP) is 2.09. The fourth-order valence-electron chi connectivity index (χ4n) is 3.46. The van der Waals surface area contributed by atoms with Crippen LogP contribution >= 0.6 is 11.3 Å². The second kappa shape index (κ2) is 8.76. The van der Waals surface area contributed by atoms with Crippen molar-refractivity contribution in [1.82, 2.24) is 45.2 Å². The molecule has 0 aliphatic carbocycles. The lowest BCUT2D eigenvalue weighted by molar-refractivity contribution is 0.291. The quantitative estimate of drug-likeness (QED) is 0.428. The first-order chi connectivity index (χ1) is 15.3. The van der Waals surface area contributed by atoms with E-state index in [0.29, 0.717) is 24.2 Å². The Bertz CT molecular complexity index is 1100. The smallest absolute Gasteiger partial charge is 0.185 e. The van der Waals surface area contributed by atoms with E-state index in [1.165, 1.54) is 15.9 Å². The fourth-order valence-corrected chi connectivity index (χ4v) is 4.36. The minimum Gasteiger partial charge on any atom is -0.486 e. The number of anilines is 1. The minimum absolute atomic E-state index is 0.299. The van der Waals surface area contributed by atoms with Crippen LogP contribution in [0.3, 0.4) is 0 Å². The van der Waals surface area contributed by atoms with Crippen molar-refractivity contribution in [1.29, 1.82) is 0 Å². The molecule has 1 aliphatic heterocycles. The van der Waals surface area contributed by atoms with Gasteiger partial charge in [-0.1, -0.05) is 6.92 Å². The van der Waals surface area contributed by atoms with Gasteiger partial charge in [0.25, 0.3) is 0 Å². The lowest BCUT2D eigenvalue weighted by Crippen LogP contribution is -2.35. The number of hydrogen-bond donors (Lipinski definition) is 0. The SMILES string of the molecule is CCc1cnc(N2CCC(n3ncc(COc4ccc(-n5cnnn5)nc4)n3)CC2)s1. The zero-order valence-corrected chi connectivity index (χ0v) is 17.9. The number of hydrogen-bond acceptors (Lipinski definition) is 10. The summed E-state index contributed by atoms with van der Waals surface area (Å²) in [7, 11) is 0. The lowest BCUT2D eigenvalue weighted by Gasteiger charge is -2.31. The van der Waals surface area contributed by atoms with Gasteiger partial charge in [-0.25, -0.2) is 9.97 Å². The Kier molecular flexibility index (Phi) is 5.52. The highest BCUT2D eigenvalue weighted by Crippen LogP contribution is 2.29. The normalized spacial score (nSPS) is 14.8. The van der Waals surface area contributed by atoms with Gasteiger partial charge in [-0.2, -0.15) is 19.7 Å². The van der Waals surface area contributed by atoms with Gasteiger partial charge in [0.2, 0.25) is 0 Å². The topological polar surface area (TPSA) is 113 Å². The van der Waals surface area contributed by atoms with Crippen molar-refractivity contribution in [2.75, 3.05) is 18.0 Å². The van der Waals surface area contributed by atoms with E-state index in [2.05, 4.69) is 47.5 Å². The highest BCUT2D eigenvalue weighted by Gasteiger charge is 2.24. The molecule has 0 atom stereocenters. The monoisotopic (exact) mass is 438 g/mol. The molecule has 0 aromatic carbocycles. The zero-order chi connectivity index (χ0) is 21.0. The highest BCUT2D eigenvalue weighted by molar-refractivity contribution is 7.15. The van der Waals surface area contributed by atoms with Crippen LogP contribution in [0.5, 0.6) is 5.75 Å². The maximum Gasteiger partial charge on any atom is 0.185 e. The summed E-state index contributed by atoms with van der Waals surface area (Å²) in [5, 5.41) is 21.2. The summed E-state index contributed by atoms with van der Waals surface area (Å²) in [5.41, 5.74) is 0.791. The number of pyridine rings is 1. The van der Waals surface area contributed by atoms with Crippen LogP contribution in [0, 0.1) is 0 Å². The van der Waals surface area contributed by atoms with Crippen LogP contribution in [0.2, 0.25) is 0 Å². The van der Waals surface area contributed by atoms with Crippen molar-refractivity contribution < 1.29 is 4.74 Å². The Morgan fingerprint density at radius 1 is 1.13 bits per heavy atom. The van der Waals surface area contributed by atoms with Crippen LogP contribution in [0.25, 0.3) is 5.82 Å².